The van der Waals surface area contributed by atoms with E-state index >= 15 is 0 Å². The van der Waals surface area contributed by atoms with E-state index in [0.29, 0.717) is 19.4 Å². The van der Waals surface area contributed by atoms with Crippen LogP contribution in [0.2, 0.25) is 0 Å². The Kier molecular flexibility index (Phi) is 7.08. The van der Waals surface area contributed by atoms with E-state index in [0.717, 1.165) is 0 Å². The van der Waals surface area contributed by atoms with E-state index in [1.54, 1.807) is 0 Å². The highest BCUT2D eigenvalue weighted by Crippen LogP contribution is 1.96. The Morgan fingerprint density at radius 1 is 1.50 bits per heavy atom. The first kappa shape index (κ1) is 13.8. The van der Waals surface area contributed by atoms with Crippen molar-refractivity contribution in [3.63, 3.8) is 0 Å². The van der Waals surface area contributed by atoms with Gasteiger partial charge in [-0.15, -0.1) is 0 Å². The number of aliphatic hydroxyl groups is 1. The Balaban J connectivity index is 3.93. The number of aliphatic hydroxyl groups excluding tert-OH is 1. The molecule has 0 aromatic rings. The number of nitrogens with one attached hydrogen (secondary N) is 1. The van der Waals surface area contributed by atoms with Gasteiger partial charge in [0.25, 0.3) is 0 Å². The fourth-order valence-electron chi connectivity index (χ4n) is 0.956. The summed E-state index contributed by atoms with van der Waals surface area (Å²) in [7, 11) is -1.74. The van der Waals surface area contributed by atoms with Crippen molar-refractivity contribution in [1.82, 2.24) is 4.72 Å². The van der Waals surface area contributed by atoms with Crippen LogP contribution in [0.5, 0.6) is 0 Å². The van der Waals surface area contributed by atoms with E-state index in [1.165, 1.54) is 7.11 Å². The second-order valence-electron chi connectivity index (χ2n) is 3.07. The Hall–Kier alpha value is -0.170. The molecule has 0 heterocycles. The minimum absolute atomic E-state index is 0.0390. The van der Waals surface area contributed by atoms with Crippen molar-refractivity contribution in [2.45, 2.75) is 25.8 Å². The van der Waals surface area contributed by atoms with E-state index in [-0.39, 0.29) is 18.4 Å². The molecule has 14 heavy (non-hydrogen) atoms. The monoisotopic (exact) mass is 225 g/mol. The molecule has 0 aliphatic carbocycles. The highest BCUT2D eigenvalue weighted by molar-refractivity contribution is 7.89. The molecule has 0 saturated heterocycles. The molecule has 0 saturated carbocycles. The third-order valence-electron chi connectivity index (χ3n) is 1.82. The Bertz CT molecular complexity index is 223. The van der Waals surface area contributed by atoms with Gasteiger partial charge < -0.3 is 9.84 Å². The zero-order valence-electron chi connectivity index (χ0n) is 8.69. The molecule has 5 nitrogen and oxygen atoms in total. The summed E-state index contributed by atoms with van der Waals surface area (Å²) in [5.74, 6) is 0.0390. The predicted octanol–water partition coefficient (Wildman–Crippen LogP) is -0.287. The second-order valence-corrected chi connectivity index (χ2v) is 4.94. The maximum atomic E-state index is 11.4. The summed E-state index contributed by atoms with van der Waals surface area (Å²) in [5, 5.41) is 8.81. The molecule has 0 aliphatic rings. The van der Waals surface area contributed by atoms with Crippen LogP contribution in [0.1, 0.15) is 19.8 Å². The van der Waals surface area contributed by atoms with Crippen molar-refractivity contribution in [3.8, 4) is 0 Å². The van der Waals surface area contributed by atoms with Crippen molar-refractivity contribution in [3.05, 3.63) is 0 Å². The van der Waals surface area contributed by atoms with Gasteiger partial charge in [0, 0.05) is 19.8 Å². The van der Waals surface area contributed by atoms with Gasteiger partial charge in [0.2, 0.25) is 10.0 Å². The minimum atomic E-state index is -3.27. The molecule has 0 aliphatic heterocycles. The molecule has 86 valence electrons. The summed E-state index contributed by atoms with van der Waals surface area (Å²) in [6.45, 7) is 2.08. The van der Waals surface area contributed by atoms with Crippen LogP contribution >= 0.6 is 0 Å². The van der Waals surface area contributed by atoms with E-state index in [4.69, 9.17) is 9.84 Å². The normalized spacial score (nSPS) is 14.2. The fourth-order valence-corrected chi connectivity index (χ4v) is 2.32. The summed E-state index contributed by atoms with van der Waals surface area (Å²) < 4.78 is 29.9. The maximum absolute atomic E-state index is 11.4. The van der Waals surface area contributed by atoms with Gasteiger partial charge in [-0.3, -0.25) is 0 Å². The zero-order chi connectivity index (χ0) is 11.0. The van der Waals surface area contributed by atoms with Gasteiger partial charge in [-0.05, 0) is 12.8 Å². The lowest BCUT2D eigenvalue weighted by Crippen LogP contribution is -2.38. The van der Waals surface area contributed by atoms with Crippen molar-refractivity contribution >= 4 is 10.0 Å². The SMILES string of the molecule is CC[C@@H](CO)NS(=O)(=O)CCCOC. The highest BCUT2D eigenvalue weighted by atomic mass is 32.2. The van der Waals surface area contributed by atoms with Crippen molar-refractivity contribution in [1.29, 1.82) is 0 Å². The third-order valence-corrected chi connectivity index (χ3v) is 3.34. The molecular weight excluding hydrogens is 206 g/mol. The number of rotatable bonds is 8. The summed E-state index contributed by atoms with van der Waals surface area (Å²) >= 11 is 0. The average molecular weight is 225 g/mol. The standard InChI is InChI=1S/C8H19NO4S/c1-3-8(7-10)9-14(11,12)6-4-5-13-2/h8-10H,3-7H2,1-2H3/t8-/m0/s1. The molecule has 1 atom stereocenters. The predicted molar refractivity (Wildman–Crippen MR) is 54.6 cm³/mol. The summed E-state index contributed by atoms with van der Waals surface area (Å²) in [5.41, 5.74) is 0. The van der Waals surface area contributed by atoms with Crippen LogP contribution in [0.3, 0.4) is 0 Å². The van der Waals surface area contributed by atoms with Crippen LogP contribution in [0, 0.1) is 0 Å². The molecule has 0 radical (unpaired) electrons. The second kappa shape index (κ2) is 7.17. The number of hydrogen-bond acceptors (Lipinski definition) is 4. The van der Waals surface area contributed by atoms with Crippen LogP contribution < -0.4 is 4.72 Å². The maximum Gasteiger partial charge on any atom is 0.212 e. The Morgan fingerprint density at radius 3 is 2.57 bits per heavy atom. The summed E-state index contributed by atoms with van der Waals surface area (Å²) in [6.07, 6.45) is 1.05. The summed E-state index contributed by atoms with van der Waals surface area (Å²) in [6, 6.07) is -0.373. The lowest BCUT2D eigenvalue weighted by Gasteiger charge is -2.13. The fraction of sp³-hybridized carbons (Fsp3) is 1.00. The van der Waals surface area contributed by atoms with Crippen LogP contribution in [-0.2, 0) is 14.8 Å². The van der Waals surface area contributed by atoms with Crippen molar-refractivity contribution < 1.29 is 18.3 Å². The first-order valence-corrected chi connectivity index (χ1v) is 6.30. The van der Waals surface area contributed by atoms with Gasteiger partial charge in [0.05, 0.1) is 12.4 Å². The molecule has 0 aromatic heterocycles. The van der Waals surface area contributed by atoms with E-state index < -0.39 is 10.0 Å². The Morgan fingerprint density at radius 2 is 2.14 bits per heavy atom. The van der Waals surface area contributed by atoms with Crippen molar-refractivity contribution in [2.24, 2.45) is 0 Å². The average Bonchev–Trinajstić information content (AvgIpc) is 2.14. The number of hydrogen-bond donors (Lipinski definition) is 2. The van der Waals surface area contributed by atoms with Crippen LogP contribution in [-0.4, -0.2) is 45.6 Å². The number of ether oxygens (including phenoxy) is 1. The van der Waals surface area contributed by atoms with Gasteiger partial charge >= 0.3 is 0 Å². The lowest BCUT2D eigenvalue weighted by atomic mass is 10.3. The van der Waals surface area contributed by atoms with E-state index in [9.17, 15) is 8.42 Å². The van der Waals surface area contributed by atoms with Gasteiger partial charge in [-0.1, -0.05) is 6.92 Å². The van der Waals surface area contributed by atoms with Crippen molar-refractivity contribution in [2.75, 3.05) is 26.1 Å². The highest BCUT2D eigenvalue weighted by Gasteiger charge is 2.14. The molecular formula is C8H19NO4S. The number of methoxy groups -OCH3 is 1. The third kappa shape index (κ3) is 6.31. The molecule has 2 N–H and O–H groups in total. The first-order valence-electron chi connectivity index (χ1n) is 4.65. The largest absolute Gasteiger partial charge is 0.395 e. The van der Waals surface area contributed by atoms with Gasteiger partial charge in [-0.2, -0.15) is 0 Å². The topological polar surface area (TPSA) is 75.6 Å². The van der Waals surface area contributed by atoms with Gasteiger partial charge in [-0.25, -0.2) is 13.1 Å². The molecule has 0 spiro atoms. The Labute approximate surface area is 85.5 Å². The molecule has 0 unspecified atom stereocenters. The lowest BCUT2D eigenvalue weighted by molar-refractivity contribution is 0.199. The van der Waals surface area contributed by atoms with Gasteiger partial charge in [0.15, 0.2) is 0 Å². The summed E-state index contributed by atoms with van der Waals surface area (Å²) in [4.78, 5) is 0. The quantitative estimate of drug-likeness (QED) is 0.557. The zero-order valence-corrected chi connectivity index (χ0v) is 9.51. The molecule has 0 amide bonds. The molecule has 0 aromatic carbocycles. The minimum Gasteiger partial charge on any atom is -0.395 e. The molecule has 6 heteroatoms. The molecule has 0 rings (SSSR count). The van der Waals surface area contributed by atoms with E-state index in [1.807, 2.05) is 6.92 Å². The first-order chi connectivity index (χ1) is 6.55. The van der Waals surface area contributed by atoms with Crippen LogP contribution in [0.25, 0.3) is 0 Å². The van der Waals surface area contributed by atoms with Gasteiger partial charge in [0.1, 0.15) is 0 Å². The van der Waals surface area contributed by atoms with Crippen LogP contribution in [0.4, 0.5) is 0 Å². The smallest absolute Gasteiger partial charge is 0.212 e. The van der Waals surface area contributed by atoms with E-state index in [2.05, 4.69) is 4.72 Å². The van der Waals surface area contributed by atoms with Crippen LogP contribution in [0.15, 0.2) is 0 Å². The number of sulfonamides is 1. The molecule has 0 fully saturated rings. The molecule has 0 bridgehead atoms.